The molecule has 0 bridgehead atoms. The first-order valence-corrected chi connectivity index (χ1v) is 7.59. The third-order valence-corrected chi connectivity index (χ3v) is 4.04. The van der Waals surface area contributed by atoms with Gasteiger partial charge in [0.05, 0.1) is 22.1 Å². The molecule has 0 aliphatic carbocycles. The molecule has 6 nitrogen and oxygen atoms in total. The van der Waals surface area contributed by atoms with Crippen LogP contribution in [0.15, 0.2) is 53.3 Å². The molecule has 0 radical (unpaired) electrons. The fourth-order valence-corrected chi connectivity index (χ4v) is 2.80. The maximum Gasteiger partial charge on any atom is 0.282 e. The van der Waals surface area contributed by atoms with Crippen molar-refractivity contribution in [1.82, 2.24) is 19.5 Å². The van der Waals surface area contributed by atoms with E-state index in [1.54, 1.807) is 6.07 Å². The third-order valence-electron chi connectivity index (χ3n) is 4.04. The fraction of sp³-hybridized carbons (Fsp3) is 0.111. The van der Waals surface area contributed by atoms with Gasteiger partial charge in [-0.25, -0.2) is 9.97 Å². The van der Waals surface area contributed by atoms with E-state index in [9.17, 15) is 4.79 Å². The molecule has 2 aromatic carbocycles. The largest absolute Gasteiger partial charge is 0.314 e. The average molecular weight is 317 g/mol. The first-order valence-electron chi connectivity index (χ1n) is 7.59. The van der Waals surface area contributed by atoms with Crippen molar-refractivity contribution in [3.05, 3.63) is 64.6 Å². The first kappa shape index (κ1) is 14.3. The lowest BCUT2D eigenvalue weighted by atomic mass is 10.2. The van der Waals surface area contributed by atoms with Crippen LogP contribution in [0.1, 0.15) is 5.69 Å². The highest BCUT2D eigenvalue weighted by atomic mass is 16.1. The molecule has 118 valence electrons. The molecule has 0 spiro atoms. The van der Waals surface area contributed by atoms with Crippen molar-refractivity contribution in [3.8, 4) is 0 Å². The van der Waals surface area contributed by atoms with Crippen LogP contribution in [0, 0.1) is 6.92 Å². The number of hydrogen-bond donors (Lipinski definition) is 1. The van der Waals surface area contributed by atoms with Crippen LogP contribution >= 0.6 is 0 Å². The Hall–Kier alpha value is -3.28. The number of rotatable bonds is 2. The molecule has 2 heterocycles. The number of anilines is 2. The van der Waals surface area contributed by atoms with Crippen molar-refractivity contribution in [2.45, 2.75) is 6.92 Å². The van der Waals surface area contributed by atoms with E-state index in [1.165, 1.54) is 0 Å². The van der Waals surface area contributed by atoms with Crippen LogP contribution in [0.5, 0.6) is 0 Å². The summed E-state index contributed by atoms with van der Waals surface area (Å²) in [6.45, 7) is 1.93. The van der Waals surface area contributed by atoms with E-state index in [1.807, 2.05) is 61.0 Å². The average Bonchev–Trinajstić information content (AvgIpc) is 2.60. The second kappa shape index (κ2) is 5.42. The lowest BCUT2D eigenvalue weighted by Crippen LogP contribution is -2.16. The van der Waals surface area contributed by atoms with E-state index < -0.39 is 0 Å². The van der Waals surface area contributed by atoms with Crippen molar-refractivity contribution in [1.29, 1.82) is 0 Å². The van der Waals surface area contributed by atoms with Crippen molar-refractivity contribution >= 4 is 33.7 Å². The summed E-state index contributed by atoms with van der Waals surface area (Å²) in [4.78, 5) is 25.3. The second-order valence-electron chi connectivity index (χ2n) is 5.59. The van der Waals surface area contributed by atoms with E-state index in [4.69, 9.17) is 0 Å². The third kappa shape index (κ3) is 2.28. The topological polar surface area (TPSA) is 72.7 Å². The smallest absolute Gasteiger partial charge is 0.282 e. The van der Waals surface area contributed by atoms with Crippen LogP contribution in [0.3, 0.4) is 0 Å². The summed E-state index contributed by atoms with van der Waals surface area (Å²) >= 11 is 0. The Morgan fingerprint density at radius 1 is 0.917 bits per heavy atom. The Morgan fingerprint density at radius 3 is 2.46 bits per heavy atom. The normalized spacial score (nSPS) is 11.1. The Balaban J connectivity index is 1.85. The van der Waals surface area contributed by atoms with Gasteiger partial charge in [-0.2, -0.15) is 4.98 Å². The zero-order valence-electron chi connectivity index (χ0n) is 13.3. The van der Waals surface area contributed by atoms with Gasteiger partial charge in [0.2, 0.25) is 11.9 Å². The van der Waals surface area contributed by atoms with Gasteiger partial charge in [0.25, 0.3) is 5.56 Å². The van der Waals surface area contributed by atoms with Gasteiger partial charge in [0, 0.05) is 12.4 Å². The van der Waals surface area contributed by atoms with Crippen LogP contribution in [-0.4, -0.2) is 19.5 Å². The number of benzene rings is 2. The molecule has 0 amide bonds. The van der Waals surface area contributed by atoms with E-state index in [0.717, 1.165) is 22.1 Å². The molecule has 2 aromatic heterocycles. The van der Waals surface area contributed by atoms with Crippen molar-refractivity contribution in [2.24, 2.45) is 7.05 Å². The molecular formula is C18H15N5O. The van der Waals surface area contributed by atoms with Crippen LogP contribution in [0.4, 0.5) is 11.9 Å². The molecule has 0 fully saturated rings. The molecule has 6 heteroatoms. The zero-order chi connectivity index (χ0) is 16.7. The minimum atomic E-state index is -0.274. The van der Waals surface area contributed by atoms with Crippen molar-refractivity contribution in [2.75, 3.05) is 5.32 Å². The molecule has 0 unspecified atom stereocenters. The monoisotopic (exact) mass is 317 g/mol. The van der Waals surface area contributed by atoms with E-state index in [-0.39, 0.29) is 5.56 Å². The quantitative estimate of drug-likeness (QED) is 0.615. The molecule has 4 rings (SSSR count). The van der Waals surface area contributed by atoms with E-state index >= 15 is 0 Å². The number of nitrogens with one attached hydrogen (secondary N) is 1. The fourth-order valence-electron chi connectivity index (χ4n) is 2.80. The Kier molecular flexibility index (Phi) is 3.23. The van der Waals surface area contributed by atoms with Crippen LogP contribution < -0.4 is 10.9 Å². The second-order valence-corrected chi connectivity index (χ2v) is 5.59. The highest BCUT2D eigenvalue weighted by molar-refractivity contribution is 5.82. The maximum absolute atomic E-state index is 12.2. The Bertz CT molecular complexity index is 1130. The molecule has 4 aromatic rings. The number of nitrogens with zero attached hydrogens (tertiary/aromatic N) is 4. The number of para-hydroxylation sites is 2. The van der Waals surface area contributed by atoms with Crippen molar-refractivity contribution in [3.63, 3.8) is 0 Å². The van der Waals surface area contributed by atoms with Gasteiger partial charge in [-0.15, -0.1) is 0 Å². The number of aromatic nitrogens is 4. The van der Waals surface area contributed by atoms with Crippen molar-refractivity contribution < 1.29 is 0 Å². The standard InChI is InChI=1S/C18H15N5O/c1-11-12-7-3-5-9-14(12)20-17(19-11)22-18-21-16(24)13-8-4-6-10-15(13)23(18)2/h3-10H,1-2H3,(H,19,20,21,22,24). The Morgan fingerprint density at radius 2 is 1.62 bits per heavy atom. The Labute approximate surface area is 137 Å². The summed E-state index contributed by atoms with van der Waals surface area (Å²) in [5, 5.41) is 4.66. The lowest BCUT2D eigenvalue weighted by molar-refractivity contribution is 0.908. The minimum Gasteiger partial charge on any atom is -0.314 e. The number of fused-ring (bicyclic) bond motifs is 2. The summed E-state index contributed by atoms with van der Waals surface area (Å²) in [6.07, 6.45) is 0. The molecule has 0 saturated heterocycles. The van der Waals surface area contributed by atoms with Gasteiger partial charge in [0.15, 0.2) is 0 Å². The summed E-state index contributed by atoms with van der Waals surface area (Å²) < 4.78 is 1.82. The van der Waals surface area contributed by atoms with E-state index in [0.29, 0.717) is 17.3 Å². The SMILES string of the molecule is Cc1nc(Nc2nc(=O)c3ccccc3n2C)nc2ccccc12. The number of hydrogen-bond acceptors (Lipinski definition) is 5. The molecule has 0 saturated carbocycles. The van der Waals surface area contributed by atoms with Gasteiger partial charge in [0.1, 0.15) is 0 Å². The molecule has 0 aliphatic heterocycles. The maximum atomic E-state index is 12.2. The minimum absolute atomic E-state index is 0.274. The van der Waals surface area contributed by atoms with E-state index in [2.05, 4.69) is 20.3 Å². The molecular weight excluding hydrogens is 302 g/mol. The molecule has 24 heavy (non-hydrogen) atoms. The summed E-state index contributed by atoms with van der Waals surface area (Å²) in [6, 6.07) is 15.2. The summed E-state index contributed by atoms with van der Waals surface area (Å²) in [7, 11) is 1.85. The number of aryl methyl sites for hydroxylation is 2. The highest BCUT2D eigenvalue weighted by Gasteiger charge is 2.10. The van der Waals surface area contributed by atoms with Gasteiger partial charge < -0.3 is 4.57 Å². The molecule has 0 aliphatic rings. The van der Waals surface area contributed by atoms with Gasteiger partial charge >= 0.3 is 0 Å². The van der Waals surface area contributed by atoms with Crippen LogP contribution in [-0.2, 0) is 7.05 Å². The molecule has 0 atom stereocenters. The zero-order valence-corrected chi connectivity index (χ0v) is 13.3. The summed E-state index contributed by atoms with van der Waals surface area (Å²) in [5.41, 5.74) is 2.24. The van der Waals surface area contributed by atoms with Gasteiger partial charge in [-0.1, -0.05) is 30.3 Å². The predicted molar refractivity (Wildman–Crippen MR) is 94.5 cm³/mol. The van der Waals surface area contributed by atoms with Gasteiger partial charge in [-0.3, -0.25) is 10.1 Å². The molecule has 1 N–H and O–H groups in total. The predicted octanol–water partition coefficient (Wildman–Crippen LogP) is 2.93. The lowest BCUT2D eigenvalue weighted by Gasteiger charge is -2.12. The first-order chi connectivity index (χ1) is 11.6. The highest BCUT2D eigenvalue weighted by Crippen LogP contribution is 2.19. The van der Waals surface area contributed by atoms with Gasteiger partial charge in [-0.05, 0) is 25.1 Å². The summed E-state index contributed by atoms with van der Waals surface area (Å²) in [5.74, 6) is 0.831. The van der Waals surface area contributed by atoms with Crippen LogP contribution in [0.2, 0.25) is 0 Å². The van der Waals surface area contributed by atoms with Crippen LogP contribution in [0.25, 0.3) is 21.8 Å².